The molecule has 20 heavy (non-hydrogen) atoms. The Morgan fingerprint density at radius 3 is 2.60 bits per heavy atom. The van der Waals surface area contributed by atoms with E-state index in [-0.39, 0.29) is 22.7 Å². The van der Waals surface area contributed by atoms with Crippen LogP contribution < -0.4 is 10.1 Å². The summed E-state index contributed by atoms with van der Waals surface area (Å²) in [5, 5.41) is 21.0. The normalized spacial score (nSPS) is 10.1. The molecule has 0 radical (unpaired) electrons. The Balaban J connectivity index is 2.28. The smallest absolute Gasteiger partial charge is 0.259 e. The number of carbonyl (C=O) groups excluding carboxylic acids is 1. The van der Waals surface area contributed by atoms with Crippen molar-refractivity contribution in [2.24, 2.45) is 0 Å². The predicted octanol–water partition coefficient (Wildman–Crippen LogP) is 2.50. The first-order valence-corrected chi connectivity index (χ1v) is 5.68. The molecule has 1 amide bonds. The van der Waals surface area contributed by atoms with Gasteiger partial charge in [-0.15, -0.1) is 0 Å². The maximum Gasteiger partial charge on any atom is 0.259 e. The highest BCUT2D eigenvalue weighted by molar-refractivity contribution is 6.06. The molecule has 3 N–H and O–H groups in total. The van der Waals surface area contributed by atoms with Gasteiger partial charge in [0.15, 0.2) is 0 Å². The zero-order valence-electron chi connectivity index (χ0n) is 10.6. The lowest BCUT2D eigenvalue weighted by molar-refractivity contribution is 0.102. The van der Waals surface area contributed by atoms with Crippen LogP contribution in [-0.4, -0.2) is 23.2 Å². The van der Waals surface area contributed by atoms with Gasteiger partial charge in [0.25, 0.3) is 5.91 Å². The molecular weight excluding hydrogens is 265 g/mol. The van der Waals surface area contributed by atoms with Gasteiger partial charge in [-0.1, -0.05) is 0 Å². The van der Waals surface area contributed by atoms with Gasteiger partial charge in [0.2, 0.25) is 0 Å². The molecule has 0 aliphatic carbocycles. The van der Waals surface area contributed by atoms with E-state index in [9.17, 15) is 14.3 Å². The van der Waals surface area contributed by atoms with E-state index in [2.05, 4.69) is 5.32 Å². The van der Waals surface area contributed by atoms with Crippen LogP contribution in [0.1, 0.15) is 10.4 Å². The summed E-state index contributed by atoms with van der Waals surface area (Å²) in [7, 11) is 1.42. The number of halogens is 1. The molecule has 2 aromatic rings. The number of anilines is 1. The van der Waals surface area contributed by atoms with E-state index in [1.54, 1.807) is 0 Å². The second-order valence-corrected chi connectivity index (χ2v) is 4.00. The zero-order valence-corrected chi connectivity index (χ0v) is 10.6. The van der Waals surface area contributed by atoms with Gasteiger partial charge in [0.05, 0.1) is 18.4 Å². The van der Waals surface area contributed by atoms with Crippen molar-refractivity contribution in [3.8, 4) is 17.2 Å². The Kier molecular flexibility index (Phi) is 3.74. The van der Waals surface area contributed by atoms with Gasteiger partial charge in [-0.2, -0.15) is 0 Å². The summed E-state index contributed by atoms with van der Waals surface area (Å²) in [5.74, 6) is -1.57. The number of nitrogens with one attached hydrogen (secondary N) is 1. The number of rotatable bonds is 3. The van der Waals surface area contributed by atoms with Crippen molar-refractivity contribution in [1.29, 1.82) is 0 Å². The molecule has 2 aromatic carbocycles. The third kappa shape index (κ3) is 2.80. The summed E-state index contributed by atoms with van der Waals surface area (Å²) >= 11 is 0. The SMILES string of the molecule is COc1ccc(O)c(C(=O)Nc2ccc(O)cc2F)c1. The number of benzene rings is 2. The first-order chi connectivity index (χ1) is 9.51. The summed E-state index contributed by atoms with van der Waals surface area (Å²) in [6.07, 6.45) is 0. The number of hydrogen-bond acceptors (Lipinski definition) is 4. The Hall–Kier alpha value is -2.76. The topological polar surface area (TPSA) is 78.8 Å². The maximum atomic E-state index is 13.5. The third-order valence-electron chi connectivity index (χ3n) is 2.65. The molecule has 0 saturated heterocycles. The second-order valence-electron chi connectivity index (χ2n) is 4.00. The monoisotopic (exact) mass is 277 g/mol. The lowest BCUT2D eigenvalue weighted by Gasteiger charge is -2.09. The van der Waals surface area contributed by atoms with Gasteiger partial charge in [-0.25, -0.2) is 4.39 Å². The number of phenolic OH excluding ortho intramolecular Hbond substituents is 2. The van der Waals surface area contributed by atoms with E-state index in [4.69, 9.17) is 9.84 Å². The molecule has 104 valence electrons. The van der Waals surface area contributed by atoms with Crippen LogP contribution in [0.15, 0.2) is 36.4 Å². The van der Waals surface area contributed by atoms with Crippen LogP contribution in [0, 0.1) is 5.82 Å². The fourth-order valence-electron chi connectivity index (χ4n) is 1.62. The van der Waals surface area contributed by atoms with Gasteiger partial charge >= 0.3 is 0 Å². The largest absolute Gasteiger partial charge is 0.508 e. The number of amides is 1. The van der Waals surface area contributed by atoms with E-state index in [0.717, 1.165) is 6.07 Å². The Bertz CT molecular complexity index is 658. The van der Waals surface area contributed by atoms with Crippen LogP contribution in [0.25, 0.3) is 0 Å². The van der Waals surface area contributed by atoms with Crippen molar-refractivity contribution in [1.82, 2.24) is 0 Å². The molecule has 0 fully saturated rings. The lowest BCUT2D eigenvalue weighted by atomic mass is 10.1. The van der Waals surface area contributed by atoms with Crippen molar-refractivity contribution < 1.29 is 24.1 Å². The van der Waals surface area contributed by atoms with E-state index >= 15 is 0 Å². The van der Waals surface area contributed by atoms with Gasteiger partial charge in [-0.05, 0) is 30.3 Å². The molecule has 0 atom stereocenters. The summed E-state index contributed by atoms with van der Waals surface area (Å²) in [6.45, 7) is 0. The average Bonchev–Trinajstić information content (AvgIpc) is 2.42. The number of ether oxygens (including phenoxy) is 1. The van der Waals surface area contributed by atoms with E-state index in [1.807, 2.05) is 0 Å². The molecule has 0 bridgehead atoms. The minimum absolute atomic E-state index is 0.0446. The summed E-state index contributed by atoms with van der Waals surface area (Å²) in [4.78, 5) is 12.0. The van der Waals surface area contributed by atoms with E-state index in [1.165, 1.54) is 37.4 Å². The van der Waals surface area contributed by atoms with Crippen molar-refractivity contribution in [3.63, 3.8) is 0 Å². The molecule has 6 heteroatoms. The summed E-state index contributed by atoms with van der Waals surface area (Å²) < 4.78 is 18.5. The summed E-state index contributed by atoms with van der Waals surface area (Å²) in [5.41, 5.74) is -0.146. The number of phenols is 2. The Labute approximate surface area is 114 Å². The van der Waals surface area contributed by atoms with Gasteiger partial charge in [0, 0.05) is 6.07 Å². The fourth-order valence-corrected chi connectivity index (χ4v) is 1.62. The molecule has 0 spiro atoms. The minimum Gasteiger partial charge on any atom is -0.508 e. The summed E-state index contributed by atoms with van der Waals surface area (Å²) in [6, 6.07) is 7.47. The van der Waals surface area contributed by atoms with Crippen LogP contribution in [0.5, 0.6) is 17.2 Å². The standard InChI is InChI=1S/C14H12FNO4/c1-20-9-3-5-13(18)10(7-9)14(19)16-12-4-2-8(17)6-11(12)15/h2-7,17-18H,1H3,(H,16,19). The lowest BCUT2D eigenvalue weighted by Crippen LogP contribution is -2.13. The maximum absolute atomic E-state index is 13.5. The average molecular weight is 277 g/mol. The van der Waals surface area contributed by atoms with Crippen LogP contribution >= 0.6 is 0 Å². The van der Waals surface area contributed by atoms with Crippen molar-refractivity contribution >= 4 is 11.6 Å². The highest BCUT2D eigenvalue weighted by Crippen LogP contribution is 2.25. The van der Waals surface area contributed by atoms with Crippen molar-refractivity contribution in [2.75, 3.05) is 12.4 Å². The highest BCUT2D eigenvalue weighted by atomic mass is 19.1. The number of carbonyl (C=O) groups is 1. The Morgan fingerprint density at radius 2 is 1.95 bits per heavy atom. The van der Waals surface area contributed by atoms with E-state index < -0.39 is 11.7 Å². The van der Waals surface area contributed by atoms with E-state index in [0.29, 0.717) is 5.75 Å². The van der Waals surface area contributed by atoms with Gasteiger partial charge < -0.3 is 20.3 Å². The van der Waals surface area contributed by atoms with Crippen molar-refractivity contribution in [2.45, 2.75) is 0 Å². The zero-order chi connectivity index (χ0) is 14.7. The van der Waals surface area contributed by atoms with Crippen molar-refractivity contribution in [3.05, 3.63) is 47.8 Å². The Morgan fingerprint density at radius 1 is 1.20 bits per heavy atom. The molecule has 5 nitrogen and oxygen atoms in total. The number of hydrogen-bond donors (Lipinski definition) is 3. The van der Waals surface area contributed by atoms with Crippen LogP contribution in [0.4, 0.5) is 10.1 Å². The molecular formula is C14H12FNO4. The van der Waals surface area contributed by atoms with Crippen LogP contribution in [0.3, 0.4) is 0 Å². The predicted molar refractivity (Wildman–Crippen MR) is 70.7 cm³/mol. The number of methoxy groups -OCH3 is 1. The molecule has 0 saturated carbocycles. The second kappa shape index (κ2) is 5.48. The van der Waals surface area contributed by atoms with Gasteiger partial charge in [-0.3, -0.25) is 4.79 Å². The third-order valence-corrected chi connectivity index (χ3v) is 2.65. The highest BCUT2D eigenvalue weighted by Gasteiger charge is 2.14. The molecule has 0 aliphatic heterocycles. The molecule has 0 unspecified atom stereocenters. The number of aromatic hydroxyl groups is 2. The molecule has 0 aromatic heterocycles. The molecule has 2 rings (SSSR count). The quantitative estimate of drug-likeness (QED) is 0.753. The van der Waals surface area contributed by atoms with Crippen LogP contribution in [-0.2, 0) is 0 Å². The van der Waals surface area contributed by atoms with Gasteiger partial charge in [0.1, 0.15) is 23.1 Å². The molecule has 0 heterocycles. The minimum atomic E-state index is -0.777. The molecule has 0 aliphatic rings. The first-order valence-electron chi connectivity index (χ1n) is 5.68. The van der Waals surface area contributed by atoms with Crippen LogP contribution in [0.2, 0.25) is 0 Å². The fraction of sp³-hybridized carbons (Fsp3) is 0.0714. The first kappa shape index (κ1) is 13.7.